The first-order chi connectivity index (χ1) is 19.6. The highest BCUT2D eigenvalue weighted by molar-refractivity contribution is 5.30. The van der Waals surface area contributed by atoms with Gasteiger partial charge in [-0.05, 0) is 83.2 Å². The van der Waals surface area contributed by atoms with Crippen molar-refractivity contribution in [1.82, 2.24) is 34.7 Å². The fourth-order valence-corrected chi connectivity index (χ4v) is 6.98. The molecular weight excluding hydrogens is 535 g/mol. The van der Waals surface area contributed by atoms with Crippen LogP contribution in [0.15, 0.2) is 30.5 Å². The van der Waals surface area contributed by atoms with Gasteiger partial charge in [-0.2, -0.15) is 13.2 Å². The molecule has 6 rings (SSSR count). The van der Waals surface area contributed by atoms with E-state index in [0.717, 1.165) is 62.4 Å². The molecule has 2 aliphatic carbocycles. The van der Waals surface area contributed by atoms with Crippen LogP contribution in [0.5, 0.6) is 5.75 Å². The van der Waals surface area contributed by atoms with Crippen molar-refractivity contribution in [1.29, 1.82) is 0 Å². The molecule has 1 saturated heterocycles. The average Bonchev–Trinajstić information content (AvgIpc) is 3.59. The summed E-state index contributed by atoms with van der Waals surface area (Å²) in [5, 5.41) is 17.8. The normalized spacial score (nSPS) is 28.7. The lowest BCUT2D eigenvalue weighted by atomic mass is 9.71. The summed E-state index contributed by atoms with van der Waals surface area (Å²) in [6, 6.07) is 5.15. The Labute approximate surface area is 238 Å². The molecule has 2 bridgehead atoms. The number of alkyl halides is 3. The van der Waals surface area contributed by atoms with Crippen LogP contribution < -0.4 is 4.74 Å². The Kier molecular flexibility index (Phi) is 7.56. The smallest absolute Gasteiger partial charge is 0.416 e. The number of halogens is 3. The molecule has 41 heavy (non-hydrogen) atoms. The lowest BCUT2D eigenvalue weighted by Gasteiger charge is -2.51. The first-order valence-electron chi connectivity index (χ1n) is 14.5. The number of aromatic nitrogens is 6. The Balaban J connectivity index is 1.04. The second-order valence-electron chi connectivity index (χ2n) is 12.2. The fraction of sp³-hybridized carbons (Fsp3) is 0.655. The van der Waals surface area contributed by atoms with E-state index < -0.39 is 11.7 Å². The molecule has 3 heterocycles. The summed E-state index contributed by atoms with van der Waals surface area (Å²) in [7, 11) is 6.21. The van der Waals surface area contributed by atoms with Gasteiger partial charge >= 0.3 is 6.18 Å². The van der Waals surface area contributed by atoms with Crippen LogP contribution in [-0.2, 0) is 24.6 Å². The Morgan fingerprint density at radius 3 is 2.66 bits per heavy atom. The number of hydrogen-bond acceptors (Lipinski definition) is 7. The maximum absolute atomic E-state index is 13.0. The molecule has 222 valence electrons. The minimum atomic E-state index is -4.41. The van der Waals surface area contributed by atoms with E-state index in [1.165, 1.54) is 31.4 Å². The van der Waals surface area contributed by atoms with Gasteiger partial charge in [0.2, 0.25) is 0 Å². The van der Waals surface area contributed by atoms with E-state index in [9.17, 15) is 13.2 Å². The maximum atomic E-state index is 13.0. The summed E-state index contributed by atoms with van der Waals surface area (Å²) in [4.78, 5) is 2.34. The first-order valence-corrected chi connectivity index (χ1v) is 14.5. The van der Waals surface area contributed by atoms with E-state index in [2.05, 4.69) is 45.7 Å². The third kappa shape index (κ3) is 5.60. The monoisotopic (exact) mass is 573 g/mol. The lowest BCUT2D eigenvalue weighted by Crippen LogP contribution is -2.55. The number of likely N-dealkylation sites (N-methyl/N-ethyl adjacent to an activating group) is 1. The Bertz CT molecular complexity index is 1350. The number of hydrogen-bond donors (Lipinski definition) is 0. The zero-order valence-corrected chi connectivity index (χ0v) is 23.8. The van der Waals surface area contributed by atoms with Gasteiger partial charge in [-0.3, -0.25) is 0 Å². The second-order valence-corrected chi connectivity index (χ2v) is 12.2. The van der Waals surface area contributed by atoms with Gasteiger partial charge in [-0.25, -0.2) is 4.68 Å². The zero-order valence-electron chi connectivity index (χ0n) is 23.8. The van der Waals surface area contributed by atoms with Crippen molar-refractivity contribution in [2.45, 2.75) is 87.8 Å². The Hall–Kier alpha value is -2.99. The molecule has 2 saturated carbocycles. The van der Waals surface area contributed by atoms with Crippen LogP contribution in [0.4, 0.5) is 13.2 Å². The van der Waals surface area contributed by atoms with Crippen LogP contribution in [0.3, 0.4) is 0 Å². The number of ether oxygens (including phenoxy) is 2. The molecule has 3 aromatic rings. The van der Waals surface area contributed by atoms with E-state index in [1.807, 2.05) is 16.3 Å². The SMILES string of the molecule is CN(C)C12CCCC(C1)C(c1cn([C@H]3CC[C@H](c4nnc(COc5cccc(C(F)(F)F)c5)n4C)CC3)nn1)OC2. The summed E-state index contributed by atoms with van der Waals surface area (Å²) in [5.41, 5.74) is 0.360. The minimum absolute atomic E-state index is 0.0173. The highest BCUT2D eigenvalue weighted by atomic mass is 19.4. The van der Waals surface area contributed by atoms with Crippen molar-refractivity contribution in [2.75, 3.05) is 20.7 Å². The van der Waals surface area contributed by atoms with Crippen molar-refractivity contribution in [2.24, 2.45) is 13.0 Å². The lowest BCUT2D eigenvalue weighted by molar-refractivity contribution is -0.137. The van der Waals surface area contributed by atoms with E-state index in [1.54, 1.807) is 0 Å². The van der Waals surface area contributed by atoms with Crippen LogP contribution >= 0.6 is 0 Å². The number of rotatable bonds is 7. The Morgan fingerprint density at radius 1 is 1.10 bits per heavy atom. The topological polar surface area (TPSA) is 83.1 Å². The van der Waals surface area contributed by atoms with Crippen LogP contribution in [0.25, 0.3) is 0 Å². The highest BCUT2D eigenvalue weighted by Gasteiger charge is 2.47. The van der Waals surface area contributed by atoms with Gasteiger partial charge in [0.05, 0.1) is 24.4 Å². The molecule has 0 N–H and O–H groups in total. The van der Waals surface area contributed by atoms with Crippen LogP contribution in [0.1, 0.15) is 92.3 Å². The second kappa shape index (κ2) is 11.0. The van der Waals surface area contributed by atoms with Crippen LogP contribution in [0.2, 0.25) is 0 Å². The molecule has 2 aromatic heterocycles. The quantitative estimate of drug-likeness (QED) is 0.371. The van der Waals surface area contributed by atoms with Gasteiger partial charge in [0.25, 0.3) is 0 Å². The van der Waals surface area contributed by atoms with Gasteiger partial charge in [-0.15, -0.1) is 15.3 Å². The van der Waals surface area contributed by atoms with Crippen molar-refractivity contribution in [3.63, 3.8) is 0 Å². The standard InChI is InChI=1S/C29H38F3N7O2/c1-37(2)28-13-5-6-20(15-28)26(41-18-28)24-16-39(36-33-24)22-11-9-19(10-12-22)27-35-34-25(38(27)3)17-40-23-8-4-7-21(14-23)29(30,31)32/h4,7-8,14,16,19-20,22,26H,5-6,9-13,15,17-18H2,1-3H3/t19-,20?,22-,26?,28?. The summed E-state index contributed by atoms with van der Waals surface area (Å²) < 4.78 is 55.0. The van der Waals surface area contributed by atoms with Gasteiger partial charge in [0, 0.05) is 18.5 Å². The van der Waals surface area contributed by atoms with Crippen LogP contribution in [-0.4, -0.2) is 60.9 Å². The van der Waals surface area contributed by atoms with E-state index in [4.69, 9.17) is 9.47 Å². The number of fused-ring (bicyclic) bond motifs is 2. The molecule has 3 aliphatic rings. The van der Waals surface area contributed by atoms with Gasteiger partial charge in [-0.1, -0.05) is 17.7 Å². The highest BCUT2D eigenvalue weighted by Crippen LogP contribution is 2.47. The Morgan fingerprint density at radius 2 is 1.90 bits per heavy atom. The van der Waals surface area contributed by atoms with Crippen molar-refractivity contribution in [3.8, 4) is 5.75 Å². The molecule has 3 fully saturated rings. The van der Waals surface area contributed by atoms with Gasteiger partial charge < -0.3 is 18.9 Å². The summed E-state index contributed by atoms with van der Waals surface area (Å²) in [5.74, 6) is 2.33. The molecule has 1 aliphatic heterocycles. The molecule has 0 amide bonds. The average molecular weight is 574 g/mol. The summed E-state index contributed by atoms with van der Waals surface area (Å²) in [6.45, 7) is 0.783. The number of nitrogens with zero attached hydrogens (tertiary/aromatic N) is 7. The number of benzene rings is 1. The molecule has 3 unspecified atom stereocenters. The van der Waals surface area contributed by atoms with Crippen LogP contribution in [0, 0.1) is 5.92 Å². The third-order valence-electron chi connectivity index (χ3n) is 9.55. The zero-order chi connectivity index (χ0) is 28.8. The molecule has 3 atom stereocenters. The van der Waals surface area contributed by atoms with Crippen molar-refractivity contribution >= 4 is 0 Å². The van der Waals surface area contributed by atoms with E-state index in [0.29, 0.717) is 11.7 Å². The molecular formula is C29H38F3N7O2. The largest absolute Gasteiger partial charge is 0.486 e. The first kappa shape index (κ1) is 28.1. The van der Waals surface area contributed by atoms with E-state index >= 15 is 0 Å². The summed E-state index contributed by atoms with van der Waals surface area (Å²) in [6.07, 6.45) is 6.21. The predicted molar refractivity (Wildman–Crippen MR) is 144 cm³/mol. The van der Waals surface area contributed by atoms with Crippen molar-refractivity contribution in [3.05, 3.63) is 53.4 Å². The molecule has 1 aromatic carbocycles. The molecule has 12 heteroatoms. The van der Waals surface area contributed by atoms with Gasteiger partial charge in [0.1, 0.15) is 30.0 Å². The molecule has 0 radical (unpaired) electrons. The third-order valence-corrected chi connectivity index (χ3v) is 9.55. The maximum Gasteiger partial charge on any atom is 0.416 e. The summed E-state index contributed by atoms with van der Waals surface area (Å²) >= 11 is 0. The van der Waals surface area contributed by atoms with Gasteiger partial charge in [0.15, 0.2) is 5.82 Å². The molecule has 9 nitrogen and oxygen atoms in total. The van der Waals surface area contributed by atoms with E-state index in [-0.39, 0.29) is 36.0 Å². The predicted octanol–water partition coefficient (Wildman–Crippen LogP) is 5.47. The molecule has 0 spiro atoms. The van der Waals surface area contributed by atoms with Crippen molar-refractivity contribution < 1.29 is 22.6 Å². The minimum Gasteiger partial charge on any atom is -0.486 e. The fourth-order valence-electron chi connectivity index (χ4n) is 6.98.